The number of rotatable bonds is 5. The van der Waals surface area contributed by atoms with Gasteiger partial charge in [-0.2, -0.15) is 0 Å². The molecule has 2 amide bonds. The van der Waals surface area contributed by atoms with Gasteiger partial charge in [-0.05, 0) is 43.7 Å². The number of carbonyl (C=O) groups is 2. The Morgan fingerprint density at radius 3 is 2.54 bits per heavy atom. The minimum absolute atomic E-state index is 0.0469. The van der Waals surface area contributed by atoms with Crippen LogP contribution in [0.3, 0.4) is 0 Å². The second kappa shape index (κ2) is 7.35. The quantitative estimate of drug-likeness (QED) is 0.739. The lowest BCUT2D eigenvalue weighted by atomic mass is 10.2. The summed E-state index contributed by atoms with van der Waals surface area (Å²) in [6, 6.07) is 11.1. The molecule has 1 aromatic carbocycles. The van der Waals surface area contributed by atoms with Crippen LogP contribution in [0, 0.1) is 5.82 Å². The Labute approximate surface area is 150 Å². The largest absolute Gasteiger partial charge is 0.347 e. The van der Waals surface area contributed by atoms with E-state index in [0.29, 0.717) is 5.52 Å². The Balaban J connectivity index is 1.85. The lowest BCUT2D eigenvalue weighted by molar-refractivity contribution is 0.0932. The van der Waals surface area contributed by atoms with E-state index in [0.717, 1.165) is 5.56 Å². The molecule has 0 aliphatic carbocycles. The standard InChI is InChI=1S/C19H19FN4O2/c1-12(2)22-19(26)17-23-16(15-5-3-4-10-24(15)17)18(25)21-11-13-6-8-14(20)9-7-13/h3-10,12H,11H2,1-2H3,(H,21,25)(H,22,26). The van der Waals surface area contributed by atoms with Crippen molar-refractivity contribution in [2.24, 2.45) is 0 Å². The average Bonchev–Trinajstić information content (AvgIpc) is 3.00. The molecule has 3 aromatic rings. The molecule has 0 saturated carbocycles. The van der Waals surface area contributed by atoms with Crippen LogP contribution in [0.2, 0.25) is 0 Å². The highest BCUT2D eigenvalue weighted by Gasteiger charge is 2.21. The molecule has 7 heteroatoms. The number of fused-ring (bicyclic) bond motifs is 1. The molecule has 0 fully saturated rings. The molecule has 2 heterocycles. The van der Waals surface area contributed by atoms with E-state index < -0.39 is 5.91 Å². The first-order valence-corrected chi connectivity index (χ1v) is 8.26. The predicted molar refractivity (Wildman–Crippen MR) is 95.4 cm³/mol. The van der Waals surface area contributed by atoms with Crippen molar-refractivity contribution in [3.8, 4) is 0 Å². The van der Waals surface area contributed by atoms with Crippen molar-refractivity contribution < 1.29 is 14.0 Å². The van der Waals surface area contributed by atoms with E-state index >= 15 is 0 Å². The van der Waals surface area contributed by atoms with E-state index in [1.165, 1.54) is 12.1 Å². The van der Waals surface area contributed by atoms with Crippen LogP contribution in [0.5, 0.6) is 0 Å². The SMILES string of the molecule is CC(C)NC(=O)c1nc(C(=O)NCc2ccc(F)cc2)c2ccccn12. The van der Waals surface area contributed by atoms with Gasteiger partial charge in [0.2, 0.25) is 5.82 Å². The molecular weight excluding hydrogens is 335 g/mol. The Hall–Kier alpha value is -3.22. The third kappa shape index (κ3) is 3.72. The Bertz CT molecular complexity index is 948. The number of aromatic nitrogens is 2. The lowest BCUT2D eigenvalue weighted by Gasteiger charge is -2.06. The third-order valence-electron chi connectivity index (χ3n) is 3.75. The number of nitrogens with zero attached hydrogens (tertiary/aromatic N) is 2. The van der Waals surface area contributed by atoms with E-state index in [1.807, 2.05) is 13.8 Å². The molecule has 0 spiro atoms. The van der Waals surface area contributed by atoms with Gasteiger partial charge >= 0.3 is 0 Å². The molecule has 6 nitrogen and oxygen atoms in total. The first-order valence-electron chi connectivity index (χ1n) is 8.26. The zero-order chi connectivity index (χ0) is 18.7. The Morgan fingerprint density at radius 1 is 1.12 bits per heavy atom. The number of amides is 2. The van der Waals surface area contributed by atoms with Gasteiger partial charge in [0.25, 0.3) is 11.8 Å². The summed E-state index contributed by atoms with van der Waals surface area (Å²) in [7, 11) is 0. The van der Waals surface area contributed by atoms with Gasteiger partial charge in [0.05, 0.1) is 5.52 Å². The molecule has 2 N–H and O–H groups in total. The number of carbonyl (C=O) groups excluding carboxylic acids is 2. The van der Waals surface area contributed by atoms with Crippen LogP contribution in [-0.2, 0) is 6.54 Å². The molecule has 0 aliphatic rings. The maximum absolute atomic E-state index is 13.0. The normalized spacial score (nSPS) is 10.9. The fourth-order valence-electron chi connectivity index (χ4n) is 2.56. The van der Waals surface area contributed by atoms with E-state index in [4.69, 9.17) is 0 Å². The van der Waals surface area contributed by atoms with Crippen molar-refractivity contribution in [1.82, 2.24) is 20.0 Å². The number of hydrogen-bond donors (Lipinski definition) is 2. The molecular formula is C19H19FN4O2. The van der Waals surface area contributed by atoms with Crippen LogP contribution in [0.25, 0.3) is 5.52 Å². The van der Waals surface area contributed by atoms with Gasteiger partial charge in [-0.15, -0.1) is 0 Å². The molecule has 134 valence electrons. The fourth-order valence-corrected chi connectivity index (χ4v) is 2.56. The molecule has 26 heavy (non-hydrogen) atoms. The highest BCUT2D eigenvalue weighted by Crippen LogP contribution is 2.14. The first-order chi connectivity index (χ1) is 12.5. The van der Waals surface area contributed by atoms with Gasteiger partial charge in [-0.3, -0.25) is 14.0 Å². The highest BCUT2D eigenvalue weighted by atomic mass is 19.1. The predicted octanol–water partition coefficient (Wildman–Crippen LogP) is 2.54. The van der Waals surface area contributed by atoms with Crippen LogP contribution in [0.1, 0.15) is 40.5 Å². The van der Waals surface area contributed by atoms with Gasteiger partial charge in [0.1, 0.15) is 5.82 Å². The molecule has 0 radical (unpaired) electrons. The number of halogens is 1. The highest BCUT2D eigenvalue weighted by molar-refractivity contribution is 6.02. The van der Waals surface area contributed by atoms with Crippen LogP contribution >= 0.6 is 0 Å². The second-order valence-corrected chi connectivity index (χ2v) is 6.18. The van der Waals surface area contributed by atoms with E-state index in [-0.39, 0.29) is 35.8 Å². The summed E-state index contributed by atoms with van der Waals surface area (Å²) in [4.78, 5) is 29.2. The summed E-state index contributed by atoms with van der Waals surface area (Å²) >= 11 is 0. The summed E-state index contributed by atoms with van der Waals surface area (Å²) < 4.78 is 14.5. The van der Waals surface area contributed by atoms with Crippen molar-refractivity contribution in [3.05, 3.63) is 71.6 Å². The summed E-state index contributed by atoms with van der Waals surface area (Å²) in [5, 5.41) is 5.53. The first kappa shape index (κ1) is 17.6. The van der Waals surface area contributed by atoms with Crippen molar-refractivity contribution in [3.63, 3.8) is 0 Å². The second-order valence-electron chi connectivity index (χ2n) is 6.18. The molecule has 0 aliphatic heterocycles. The number of nitrogens with one attached hydrogen (secondary N) is 2. The molecule has 3 rings (SSSR count). The van der Waals surface area contributed by atoms with E-state index in [2.05, 4.69) is 15.6 Å². The summed E-state index contributed by atoms with van der Waals surface area (Å²) in [6.45, 7) is 3.94. The zero-order valence-electron chi connectivity index (χ0n) is 14.5. The van der Waals surface area contributed by atoms with Crippen LogP contribution < -0.4 is 10.6 Å². The zero-order valence-corrected chi connectivity index (χ0v) is 14.5. The molecule has 0 unspecified atom stereocenters. The van der Waals surface area contributed by atoms with Gasteiger partial charge in [0, 0.05) is 18.8 Å². The van der Waals surface area contributed by atoms with E-state index in [9.17, 15) is 14.0 Å². The fraction of sp³-hybridized carbons (Fsp3) is 0.211. The van der Waals surface area contributed by atoms with Gasteiger partial charge < -0.3 is 10.6 Å². The summed E-state index contributed by atoms with van der Waals surface area (Å²) in [5.41, 5.74) is 1.47. The van der Waals surface area contributed by atoms with Crippen molar-refractivity contribution in [2.45, 2.75) is 26.4 Å². The summed E-state index contributed by atoms with van der Waals surface area (Å²) in [5.74, 6) is -0.928. The van der Waals surface area contributed by atoms with Crippen LogP contribution in [-0.4, -0.2) is 27.2 Å². The average molecular weight is 354 g/mol. The van der Waals surface area contributed by atoms with Crippen molar-refractivity contribution >= 4 is 17.3 Å². The minimum atomic E-state index is -0.401. The third-order valence-corrected chi connectivity index (χ3v) is 3.75. The van der Waals surface area contributed by atoms with Gasteiger partial charge in [0.15, 0.2) is 5.69 Å². The maximum atomic E-state index is 13.0. The van der Waals surface area contributed by atoms with E-state index in [1.54, 1.807) is 40.9 Å². The monoisotopic (exact) mass is 354 g/mol. The Kier molecular flexibility index (Phi) is 4.97. The lowest BCUT2D eigenvalue weighted by Crippen LogP contribution is -2.31. The van der Waals surface area contributed by atoms with Crippen molar-refractivity contribution in [1.29, 1.82) is 0 Å². The maximum Gasteiger partial charge on any atom is 0.287 e. The molecule has 0 saturated heterocycles. The number of benzene rings is 1. The number of pyridine rings is 1. The molecule has 2 aromatic heterocycles. The topological polar surface area (TPSA) is 75.5 Å². The summed E-state index contributed by atoms with van der Waals surface area (Å²) in [6.07, 6.45) is 1.69. The molecule has 0 atom stereocenters. The molecule has 0 bridgehead atoms. The minimum Gasteiger partial charge on any atom is -0.347 e. The van der Waals surface area contributed by atoms with Crippen molar-refractivity contribution in [2.75, 3.05) is 0 Å². The van der Waals surface area contributed by atoms with Gasteiger partial charge in [-0.25, -0.2) is 9.37 Å². The smallest absolute Gasteiger partial charge is 0.287 e. The Morgan fingerprint density at radius 2 is 1.85 bits per heavy atom. The van der Waals surface area contributed by atoms with Crippen LogP contribution in [0.15, 0.2) is 48.7 Å². The van der Waals surface area contributed by atoms with Crippen LogP contribution in [0.4, 0.5) is 4.39 Å². The number of hydrogen-bond acceptors (Lipinski definition) is 3. The van der Waals surface area contributed by atoms with Gasteiger partial charge in [-0.1, -0.05) is 18.2 Å². The number of imidazole rings is 1.